The lowest BCUT2D eigenvalue weighted by molar-refractivity contribution is 0.174. The summed E-state index contributed by atoms with van der Waals surface area (Å²) in [6, 6.07) is 5.99. The molecule has 0 spiro atoms. The number of nitrogens with one attached hydrogen (secondary N) is 1. The van der Waals surface area contributed by atoms with Crippen molar-refractivity contribution in [3.63, 3.8) is 0 Å². The molecule has 0 fully saturated rings. The Hall–Kier alpha value is -1.49. The number of benzene rings is 1. The molecule has 4 nitrogen and oxygen atoms in total. The fraction of sp³-hybridized carbons (Fsp3) is 0.400. The summed E-state index contributed by atoms with van der Waals surface area (Å²) >= 11 is 3.64. The van der Waals surface area contributed by atoms with E-state index in [0.717, 1.165) is 47.5 Å². The van der Waals surface area contributed by atoms with Crippen LogP contribution in [-0.4, -0.2) is 23.1 Å². The van der Waals surface area contributed by atoms with Crippen LogP contribution in [0.15, 0.2) is 24.4 Å². The van der Waals surface area contributed by atoms with Crippen LogP contribution >= 0.6 is 15.9 Å². The van der Waals surface area contributed by atoms with Gasteiger partial charge in [0.05, 0.1) is 0 Å². The van der Waals surface area contributed by atoms with Gasteiger partial charge in [-0.15, -0.1) is 0 Å². The van der Waals surface area contributed by atoms with E-state index in [2.05, 4.69) is 33.2 Å². The largest absolute Gasteiger partial charge is 0.454 e. The van der Waals surface area contributed by atoms with Crippen LogP contribution in [0, 0.1) is 0 Å². The van der Waals surface area contributed by atoms with Crippen LogP contribution in [0.3, 0.4) is 0 Å². The predicted octanol–water partition coefficient (Wildman–Crippen LogP) is 3.94. The van der Waals surface area contributed by atoms with Crippen molar-refractivity contribution in [3.05, 3.63) is 24.4 Å². The number of hydrogen-bond acceptors (Lipinski definition) is 4. The van der Waals surface area contributed by atoms with Crippen molar-refractivity contribution in [2.45, 2.75) is 24.6 Å². The number of alkyl halides is 1. The Balaban J connectivity index is 1.84. The third-order valence-electron chi connectivity index (χ3n) is 3.45. The van der Waals surface area contributed by atoms with Gasteiger partial charge in [-0.3, -0.25) is 0 Å². The molecule has 1 unspecified atom stereocenters. The molecule has 1 N–H and O–H groups in total. The molecule has 1 aromatic carbocycles. The van der Waals surface area contributed by atoms with Gasteiger partial charge in [-0.1, -0.05) is 22.9 Å². The van der Waals surface area contributed by atoms with Gasteiger partial charge in [0.15, 0.2) is 11.5 Å². The first-order valence-electron chi connectivity index (χ1n) is 6.84. The molecule has 1 aliphatic rings. The van der Waals surface area contributed by atoms with E-state index in [1.165, 1.54) is 0 Å². The third kappa shape index (κ3) is 2.68. The maximum absolute atomic E-state index is 5.44. The normalized spacial score (nSPS) is 14.5. The minimum atomic E-state index is 0.295. The minimum absolute atomic E-state index is 0.295. The maximum atomic E-state index is 5.44. The summed E-state index contributed by atoms with van der Waals surface area (Å²) in [5.74, 6) is 2.50. The van der Waals surface area contributed by atoms with Crippen molar-refractivity contribution in [2.24, 2.45) is 0 Å². The lowest BCUT2D eigenvalue weighted by Crippen LogP contribution is -2.08. The summed E-state index contributed by atoms with van der Waals surface area (Å²) in [6.07, 6.45) is 4.01. The molecule has 0 saturated carbocycles. The highest BCUT2D eigenvalue weighted by atomic mass is 79.9. The standard InChI is InChI=1S/C15H17BrN2O2/c1-2-11(16)4-6-18-15-12-8-14-13(19-9-20-14)7-10(12)3-5-17-15/h3,5,7-8,11H,2,4,6,9H2,1H3,(H,17,18). The molecule has 1 atom stereocenters. The zero-order valence-electron chi connectivity index (χ0n) is 11.4. The highest BCUT2D eigenvalue weighted by Crippen LogP contribution is 2.37. The Morgan fingerprint density at radius 1 is 1.35 bits per heavy atom. The summed E-state index contributed by atoms with van der Waals surface area (Å²) in [7, 11) is 0. The number of anilines is 1. The van der Waals surface area contributed by atoms with E-state index < -0.39 is 0 Å². The van der Waals surface area contributed by atoms with Crippen LogP contribution < -0.4 is 14.8 Å². The van der Waals surface area contributed by atoms with Crippen LogP contribution in [0.1, 0.15) is 19.8 Å². The summed E-state index contributed by atoms with van der Waals surface area (Å²) in [6.45, 7) is 3.37. The molecule has 2 aromatic rings. The number of fused-ring (bicyclic) bond motifs is 2. The lowest BCUT2D eigenvalue weighted by atomic mass is 10.1. The van der Waals surface area contributed by atoms with Crippen LogP contribution in [-0.2, 0) is 0 Å². The van der Waals surface area contributed by atoms with E-state index in [1.807, 2.05) is 24.4 Å². The topological polar surface area (TPSA) is 43.4 Å². The van der Waals surface area contributed by atoms with E-state index in [4.69, 9.17) is 9.47 Å². The van der Waals surface area contributed by atoms with Crippen LogP contribution in [0.25, 0.3) is 10.8 Å². The van der Waals surface area contributed by atoms with Gasteiger partial charge in [-0.2, -0.15) is 0 Å². The van der Waals surface area contributed by atoms with E-state index in [-0.39, 0.29) is 0 Å². The first kappa shape index (κ1) is 13.5. The number of aromatic nitrogens is 1. The predicted molar refractivity (Wildman–Crippen MR) is 84.0 cm³/mol. The van der Waals surface area contributed by atoms with Gasteiger partial charge in [0.2, 0.25) is 6.79 Å². The van der Waals surface area contributed by atoms with Gasteiger partial charge in [0, 0.05) is 23.0 Å². The highest BCUT2D eigenvalue weighted by Gasteiger charge is 2.15. The molecule has 1 aromatic heterocycles. The average molecular weight is 337 g/mol. The number of rotatable bonds is 5. The number of hydrogen-bond donors (Lipinski definition) is 1. The molecule has 106 valence electrons. The summed E-state index contributed by atoms with van der Waals surface area (Å²) in [5.41, 5.74) is 0. The monoisotopic (exact) mass is 336 g/mol. The molecule has 5 heteroatoms. The molecule has 0 aliphatic carbocycles. The van der Waals surface area contributed by atoms with Crippen LogP contribution in [0.4, 0.5) is 5.82 Å². The molecular formula is C15H17BrN2O2. The van der Waals surface area contributed by atoms with Crippen LogP contribution in [0.5, 0.6) is 11.5 Å². The summed E-state index contributed by atoms with van der Waals surface area (Å²) in [5, 5.41) is 5.58. The first-order chi connectivity index (χ1) is 9.78. The van der Waals surface area contributed by atoms with Crippen molar-refractivity contribution in [2.75, 3.05) is 18.7 Å². The van der Waals surface area contributed by atoms with Crippen molar-refractivity contribution in [3.8, 4) is 11.5 Å². The van der Waals surface area contributed by atoms with Crippen LogP contribution in [0.2, 0.25) is 0 Å². The second kappa shape index (κ2) is 5.87. The van der Waals surface area contributed by atoms with Crippen molar-refractivity contribution in [1.82, 2.24) is 4.98 Å². The Morgan fingerprint density at radius 2 is 2.15 bits per heavy atom. The Bertz CT molecular complexity index is 618. The highest BCUT2D eigenvalue weighted by molar-refractivity contribution is 9.09. The summed E-state index contributed by atoms with van der Waals surface area (Å²) in [4.78, 5) is 4.98. The van der Waals surface area contributed by atoms with Crippen molar-refractivity contribution in [1.29, 1.82) is 0 Å². The van der Waals surface area contributed by atoms with E-state index in [1.54, 1.807) is 0 Å². The fourth-order valence-electron chi connectivity index (χ4n) is 2.25. The Morgan fingerprint density at radius 3 is 2.95 bits per heavy atom. The van der Waals surface area contributed by atoms with Gasteiger partial charge in [0.25, 0.3) is 0 Å². The lowest BCUT2D eigenvalue weighted by Gasteiger charge is -2.11. The molecule has 0 amide bonds. The van der Waals surface area contributed by atoms with Gasteiger partial charge in [0.1, 0.15) is 5.82 Å². The Kier molecular flexibility index (Phi) is 3.96. The maximum Gasteiger partial charge on any atom is 0.231 e. The quantitative estimate of drug-likeness (QED) is 0.840. The molecule has 0 saturated heterocycles. The number of pyridine rings is 1. The van der Waals surface area contributed by atoms with Gasteiger partial charge >= 0.3 is 0 Å². The fourth-order valence-corrected chi connectivity index (χ4v) is 2.48. The zero-order valence-corrected chi connectivity index (χ0v) is 12.9. The SMILES string of the molecule is CCC(Br)CCNc1nccc2cc3c(cc12)OCO3. The molecule has 2 heterocycles. The van der Waals surface area contributed by atoms with Gasteiger partial charge in [-0.25, -0.2) is 4.98 Å². The summed E-state index contributed by atoms with van der Waals surface area (Å²) < 4.78 is 10.8. The van der Waals surface area contributed by atoms with E-state index >= 15 is 0 Å². The number of nitrogens with zero attached hydrogens (tertiary/aromatic N) is 1. The number of ether oxygens (including phenoxy) is 2. The van der Waals surface area contributed by atoms with Crippen molar-refractivity contribution < 1.29 is 9.47 Å². The average Bonchev–Trinajstić information content (AvgIpc) is 2.92. The molecule has 0 bridgehead atoms. The van der Waals surface area contributed by atoms with Crippen molar-refractivity contribution >= 4 is 32.5 Å². The first-order valence-corrected chi connectivity index (χ1v) is 7.76. The Labute approximate surface area is 126 Å². The van der Waals surface area contributed by atoms with Gasteiger partial charge < -0.3 is 14.8 Å². The third-order valence-corrected chi connectivity index (χ3v) is 4.56. The molecule has 20 heavy (non-hydrogen) atoms. The molecule has 1 aliphatic heterocycles. The van der Waals surface area contributed by atoms with Gasteiger partial charge in [-0.05, 0) is 36.4 Å². The second-order valence-electron chi connectivity index (χ2n) is 4.81. The molecular weight excluding hydrogens is 320 g/mol. The molecule has 3 rings (SSSR count). The number of halogens is 1. The minimum Gasteiger partial charge on any atom is -0.454 e. The molecule has 0 radical (unpaired) electrons. The van der Waals surface area contributed by atoms with E-state index in [0.29, 0.717) is 11.6 Å². The second-order valence-corrected chi connectivity index (χ2v) is 6.10. The smallest absolute Gasteiger partial charge is 0.231 e. The zero-order chi connectivity index (χ0) is 13.9. The van der Waals surface area contributed by atoms with E-state index in [9.17, 15) is 0 Å².